The number of aromatic nitrogens is 2. The molecule has 0 radical (unpaired) electrons. The molecule has 3 aromatic rings. The van der Waals surface area contributed by atoms with Crippen LogP contribution >= 0.6 is 50.7 Å². The van der Waals surface area contributed by atoms with E-state index in [0.29, 0.717) is 26.3 Å². The summed E-state index contributed by atoms with van der Waals surface area (Å²) in [5, 5.41) is 7.63. The molecule has 0 spiro atoms. The van der Waals surface area contributed by atoms with Crippen molar-refractivity contribution in [2.24, 2.45) is 0 Å². The molecule has 0 bridgehead atoms. The maximum atomic E-state index is 12.5. The maximum absolute atomic E-state index is 12.5. The van der Waals surface area contributed by atoms with Gasteiger partial charge in [-0.05, 0) is 41.9 Å². The van der Waals surface area contributed by atoms with E-state index in [2.05, 4.69) is 30.8 Å². The van der Waals surface area contributed by atoms with E-state index in [1.54, 1.807) is 18.2 Å². The largest absolute Gasteiger partial charge is 0.321 e. The Morgan fingerprint density at radius 2 is 1.83 bits per heavy atom. The van der Waals surface area contributed by atoms with Gasteiger partial charge in [0.2, 0.25) is 0 Å². The molecular weight excluding hydrogens is 421 g/mol. The van der Waals surface area contributed by atoms with Crippen LogP contribution in [0.5, 0.6) is 0 Å². The van der Waals surface area contributed by atoms with Crippen LogP contribution in [0.1, 0.15) is 9.67 Å². The van der Waals surface area contributed by atoms with Crippen LogP contribution < -0.4 is 5.32 Å². The minimum absolute atomic E-state index is 0.295. The fourth-order valence-electron chi connectivity index (χ4n) is 1.90. The Morgan fingerprint density at radius 3 is 2.52 bits per heavy atom. The molecule has 1 amide bonds. The van der Waals surface area contributed by atoms with E-state index >= 15 is 0 Å². The molecule has 3 rings (SSSR count). The van der Waals surface area contributed by atoms with E-state index in [4.69, 9.17) is 23.2 Å². The van der Waals surface area contributed by atoms with Gasteiger partial charge in [-0.25, -0.2) is 0 Å². The number of rotatable bonds is 3. The van der Waals surface area contributed by atoms with E-state index in [-0.39, 0.29) is 5.91 Å². The van der Waals surface area contributed by atoms with Gasteiger partial charge in [-0.1, -0.05) is 55.8 Å². The smallest absolute Gasteiger partial charge is 0.269 e. The standard InChI is InChI=1S/C15H8BrCl2N3OS/c16-9-3-1-8(2-4-9)13-14(23-21-20-13)15(22)19-10-5-6-11(17)12(18)7-10/h1-7H,(H,19,22). The summed E-state index contributed by atoms with van der Waals surface area (Å²) in [7, 11) is 0. The average Bonchev–Trinajstić information content (AvgIpc) is 3.01. The van der Waals surface area contributed by atoms with Crippen molar-refractivity contribution < 1.29 is 4.79 Å². The van der Waals surface area contributed by atoms with Gasteiger partial charge in [-0.2, -0.15) is 0 Å². The van der Waals surface area contributed by atoms with Gasteiger partial charge in [0.1, 0.15) is 10.6 Å². The van der Waals surface area contributed by atoms with Crippen LogP contribution in [0.2, 0.25) is 10.0 Å². The number of hydrogen-bond donors (Lipinski definition) is 1. The van der Waals surface area contributed by atoms with Gasteiger partial charge in [0.15, 0.2) is 0 Å². The van der Waals surface area contributed by atoms with Crippen molar-refractivity contribution in [2.45, 2.75) is 0 Å². The first-order chi connectivity index (χ1) is 11.0. The molecule has 0 saturated carbocycles. The average molecular weight is 429 g/mol. The molecule has 1 aromatic heterocycles. The third-order valence-electron chi connectivity index (χ3n) is 2.99. The number of hydrogen-bond acceptors (Lipinski definition) is 4. The molecule has 0 aliphatic rings. The van der Waals surface area contributed by atoms with Crippen molar-refractivity contribution >= 4 is 62.3 Å². The van der Waals surface area contributed by atoms with E-state index in [0.717, 1.165) is 21.6 Å². The minimum Gasteiger partial charge on any atom is -0.321 e. The highest BCUT2D eigenvalue weighted by molar-refractivity contribution is 9.10. The second-order valence-corrected chi connectivity index (χ2v) is 7.02. The molecule has 0 unspecified atom stereocenters. The molecule has 116 valence electrons. The van der Waals surface area contributed by atoms with Crippen molar-refractivity contribution in [3.8, 4) is 11.3 Å². The summed E-state index contributed by atoms with van der Waals surface area (Å²) >= 11 is 16.2. The monoisotopic (exact) mass is 427 g/mol. The highest BCUT2D eigenvalue weighted by atomic mass is 79.9. The van der Waals surface area contributed by atoms with Crippen LogP contribution in [-0.4, -0.2) is 15.5 Å². The van der Waals surface area contributed by atoms with Crippen molar-refractivity contribution in [2.75, 3.05) is 5.32 Å². The first kappa shape index (κ1) is 16.4. The van der Waals surface area contributed by atoms with Crippen LogP contribution in [0.4, 0.5) is 5.69 Å². The molecule has 23 heavy (non-hydrogen) atoms. The van der Waals surface area contributed by atoms with Gasteiger partial charge in [0.25, 0.3) is 5.91 Å². The van der Waals surface area contributed by atoms with Gasteiger partial charge in [0, 0.05) is 15.7 Å². The number of carbonyl (C=O) groups is 1. The predicted octanol–water partition coefficient (Wildman–Crippen LogP) is 5.53. The Balaban J connectivity index is 1.87. The predicted molar refractivity (Wildman–Crippen MR) is 97.5 cm³/mol. The number of halogens is 3. The van der Waals surface area contributed by atoms with Gasteiger partial charge in [-0.3, -0.25) is 4.79 Å². The lowest BCUT2D eigenvalue weighted by molar-refractivity contribution is 0.103. The van der Waals surface area contributed by atoms with Crippen molar-refractivity contribution in [3.05, 3.63) is 61.9 Å². The Labute approximate surface area is 154 Å². The third-order valence-corrected chi connectivity index (χ3v) is 4.98. The number of benzene rings is 2. The second kappa shape index (κ2) is 6.97. The van der Waals surface area contributed by atoms with E-state index < -0.39 is 0 Å². The Hall–Kier alpha value is -1.47. The zero-order chi connectivity index (χ0) is 16.4. The molecule has 0 aliphatic heterocycles. The van der Waals surface area contributed by atoms with Crippen LogP contribution in [0.3, 0.4) is 0 Å². The molecule has 0 atom stereocenters. The van der Waals surface area contributed by atoms with Crippen molar-refractivity contribution in [1.29, 1.82) is 0 Å². The second-order valence-electron chi connectivity index (χ2n) is 4.54. The van der Waals surface area contributed by atoms with E-state index in [9.17, 15) is 4.79 Å². The number of nitrogens with one attached hydrogen (secondary N) is 1. The van der Waals surface area contributed by atoms with Gasteiger partial charge in [0.05, 0.1) is 10.0 Å². The summed E-state index contributed by atoms with van der Waals surface area (Å²) in [5.41, 5.74) is 1.92. The first-order valence-corrected chi connectivity index (χ1v) is 8.71. The maximum Gasteiger partial charge on any atom is 0.269 e. The summed E-state index contributed by atoms with van der Waals surface area (Å²) in [4.78, 5) is 12.9. The molecule has 1 heterocycles. The Morgan fingerprint density at radius 1 is 1.09 bits per heavy atom. The third kappa shape index (κ3) is 3.72. The number of amides is 1. The Bertz CT molecular complexity index is 867. The molecule has 0 saturated heterocycles. The SMILES string of the molecule is O=C(Nc1ccc(Cl)c(Cl)c1)c1snnc1-c1ccc(Br)cc1. The fourth-order valence-corrected chi connectivity index (χ4v) is 3.04. The summed E-state index contributed by atoms with van der Waals surface area (Å²) in [6, 6.07) is 12.4. The highest BCUT2D eigenvalue weighted by Crippen LogP contribution is 2.28. The van der Waals surface area contributed by atoms with Gasteiger partial charge in [-0.15, -0.1) is 5.10 Å². The number of carbonyl (C=O) groups excluding carboxylic acids is 1. The normalized spacial score (nSPS) is 10.6. The molecule has 1 N–H and O–H groups in total. The van der Waals surface area contributed by atoms with E-state index in [1.165, 1.54) is 0 Å². The zero-order valence-corrected chi connectivity index (χ0v) is 15.3. The van der Waals surface area contributed by atoms with Gasteiger partial charge >= 0.3 is 0 Å². The number of nitrogens with zero attached hydrogens (tertiary/aromatic N) is 2. The Kier molecular flexibility index (Phi) is 4.96. The molecule has 2 aromatic carbocycles. The van der Waals surface area contributed by atoms with Crippen LogP contribution in [0.15, 0.2) is 46.9 Å². The van der Waals surface area contributed by atoms with Crippen molar-refractivity contribution in [3.63, 3.8) is 0 Å². The zero-order valence-electron chi connectivity index (χ0n) is 11.4. The molecule has 8 heteroatoms. The lowest BCUT2D eigenvalue weighted by atomic mass is 10.1. The summed E-state index contributed by atoms with van der Waals surface area (Å²) in [6.07, 6.45) is 0. The molecule has 0 fully saturated rings. The lowest BCUT2D eigenvalue weighted by Gasteiger charge is -2.06. The summed E-state index contributed by atoms with van der Waals surface area (Å²) in [5.74, 6) is -0.295. The van der Waals surface area contributed by atoms with Crippen LogP contribution in [-0.2, 0) is 0 Å². The summed E-state index contributed by atoms with van der Waals surface area (Å²) < 4.78 is 4.84. The molecule has 0 aliphatic carbocycles. The first-order valence-electron chi connectivity index (χ1n) is 6.39. The quantitative estimate of drug-likeness (QED) is 0.596. The number of anilines is 1. The molecule has 4 nitrogen and oxygen atoms in total. The van der Waals surface area contributed by atoms with Crippen LogP contribution in [0, 0.1) is 0 Å². The topological polar surface area (TPSA) is 54.9 Å². The molecular formula is C15H8BrCl2N3OS. The van der Waals surface area contributed by atoms with Gasteiger partial charge < -0.3 is 5.32 Å². The highest BCUT2D eigenvalue weighted by Gasteiger charge is 2.18. The lowest BCUT2D eigenvalue weighted by Crippen LogP contribution is -2.11. The fraction of sp³-hybridized carbons (Fsp3) is 0. The summed E-state index contributed by atoms with van der Waals surface area (Å²) in [6.45, 7) is 0. The minimum atomic E-state index is -0.295. The van der Waals surface area contributed by atoms with Crippen LogP contribution in [0.25, 0.3) is 11.3 Å². The van der Waals surface area contributed by atoms with Crippen molar-refractivity contribution in [1.82, 2.24) is 9.59 Å². The van der Waals surface area contributed by atoms with E-state index in [1.807, 2.05) is 24.3 Å².